The summed E-state index contributed by atoms with van der Waals surface area (Å²) in [5, 5.41) is 5.15. The highest BCUT2D eigenvalue weighted by Gasteiger charge is 2.17. The molecule has 1 unspecified atom stereocenters. The zero-order valence-corrected chi connectivity index (χ0v) is 10.8. The molecule has 6 heteroatoms. The third-order valence-corrected chi connectivity index (χ3v) is 3.75. The quantitative estimate of drug-likeness (QED) is 0.914. The van der Waals surface area contributed by atoms with E-state index < -0.39 is 0 Å². The summed E-state index contributed by atoms with van der Waals surface area (Å²) in [7, 11) is 0. The van der Waals surface area contributed by atoms with Crippen LogP contribution in [-0.2, 0) is 0 Å². The molecule has 2 rings (SSSR count). The van der Waals surface area contributed by atoms with E-state index in [1.54, 1.807) is 18.2 Å². The van der Waals surface area contributed by atoms with Crippen molar-refractivity contribution >= 4 is 34.7 Å². The molecule has 1 aromatic carbocycles. The van der Waals surface area contributed by atoms with E-state index in [0.29, 0.717) is 10.0 Å². The highest BCUT2D eigenvalue weighted by molar-refractivity contribution is 7.05. The summed E-state index contributed by atoms with van der Waals surface area (Å²) in [5.41, 5.74) is 7.74. The molecule has 0 bridgehead atoms. The lowest BCUT2D eigenvalue weighted by Gasteiger charge is -2.12. The van der Waals surface area contributed by atoms with Crippen LogP contribution in [-0.4, -0.2) is 9.59 Å². The maximum Gasteiger partial charge on any atom is 0.0776 e. The highest BCUT2D eigenvalue weighted by Crippen LogP contribution is 2.31. The predicted molar refractivity (Wildman–Crippen MR) is 67.1 cm³/mol. The fraction of sp³-hybridized carbons (Fsp3) is 0.200. The van der Waals surface area contributed by atoms with Gasteiger partial charge in [0.2, 0.25) is 0 Å². The van der Waals surface area contributed by atoms with Gasteiger partial charge >= 0.3 is 0 Å². The van der Waals surface area contributed by atoms with E-state index in [-0.39, 0.29) is 6.04 Å². The van der Waals surface area contributed by atoms with Gasteiger partial charge in [-0.2, -0.15) is 0 Å². The molecule has 1 atom stereocenters. The Morgan fingerprint density at radius 1 is 1.38 bits per heavy atom. The summed E-state index contributed by atoms with van der Waals surface area (Å²) in [5.74, 6) is 0. The molecule has 0 aliphatic heterocycles. The lowest BCUT2D eigenvalue weighted by atomic mass is 10.1. The zero-order chi connectivity index (χ0) is 11.7. The molecule has 0 saturated heterocycles. The second-order valence-electron chi connectivity index (χ2n) is 3.37. The predicted octanol–water partition coefficient (Wildman–Crippen LogP) is 3.20. The number of aromatic nitrogens is 2. The van der Waals surface area contributed by atoms with Crippen molar-refractivity contribution < 1.29 is 0 Å². The Hall–Kier alpha value is -0.680. The Kier molecular flexibility index (Phi) is 3.44. The summed E-state index contributed by atoms with van der Waals surface area (Å²) in [6, 6.07) is 4.92. The fourth-order valence-corrected chi connectivity index (χ4v) is 2.50. The lowest BCUT2D eigenvalue weighted by Crippen LogP contribution is -2.12. The number of hydrogen-bond donors (Lipinski definition) is 1. The Bertz CT molecular complexity index is 513. The molecule has 0 saturated carbocycles. The normalized spacial score (nSPS) is 12.8. The number of nitrogens with two attached hydrogens (primary N) is 1. The monoisotopic (exact) mass is 273 g/mol. The van der Waals surface area contributed by atoms with Crippen LogP contribution >= 0.6 is 34.7 Å². The van der Waals surface area contributed by atoms with Crippen molar-refractivity contribution in [3.63, 3.8) is 0 Å². The number of hydrogen-bond acceptors (Lipinski definition) is 4. The average Bonchev–Trinajstić information content (AvgIpc) is 2.67. The standard InChI is InChI=1S/C10H9Cl2N3S/c1-5-10(16-15-14-5)9(13)7-4-6(11)2-3-8(7)12/h2-4,9H,13H2,1H3. The topological polar surface area (TPSA) is 51.8 Å². The van der Waals surface area contributed by atoms with Gasteiger partial charge in [-0.25, -0.2) is 0 Å². The van der Waals surface area contributed by atoms with Crippen LogP contribution in [0.5, 0.6) is 0 Å². The van der Waals surface area contributed by atoms with Crippen LogP contribution in [0.2, 0.25) is 10.0 Å². The molecule has 0 amide bonds. The molecule has 0 fully saturated rings. The van der Waals surface area contributed by atoms with E-state index in [4.69, 9.17) is 28.9 Å². The van der Waals surface area contributed by atoms with E-state index >= 15 is 0 Å². The molecule has 0 radical (unpaired) electrons. The van der Waals surface area contributed by atoms with E-state index in [9.17, 15) is 0 Å². The summed E-state index contributed by atoms with van der Waals surface area (Å²) in [6.45, 7) is 1.87. The lowest BCUT2D eigenvalue weighted by molar-refractivity contribution is 0.874. The van der Waals surface area contributed by atoms with Gasteiger partial charge in [-0.05, 0) is 42.2 Å². The van der Waals surface area contributed by atoms with Crippen LogP contribution in [0.4, 0.5) is 0 Å². The first-order chi connectivity index (χ1) is 7.59. The van der Waals surface area contributed by atoms with Crippen molar-refractivity contribution in [2.75, 3.05) is 0 Å². The van der Waals surface area contributed by atoms with Crippen LogP contribution in [0, 0.1) is 6.92 Å². The molecular weight excluding hydrogens is 265 g/mol. The molecule has 16 heavy (non-hydrogen) atoms. The third kappa shape index (κ3) is 2.20. The molecule has 0 aliphatic rings. The van der Waals surface area contributed by atoms with Crippen LogP contribution in [0.1, 0.15) is 22.2 Å². The minimum Gasteiger partial charge on any atom is -0.319 e. The Morgan fingerprint density at radius 3 is 2.75 bits per heavy atom. The molecule has 1 heterocycles. The maximum absolute atomic E-state index is 6.12. The Morgan fingerprint density at radius 2 is 2.12 bits per heavy atom. The SMILES string of the molecule is Cc1nnsc1C(N)c1cc(Cl)ccc1Cl. The van der Waals surface area contributed by atoms with Gasteiger partial charge in [-0.15, -0.1) is 5.10 Å². The van der Waals surface area contributed by atoms with Gasteiger partial charge in [-0.1, -0.05) is 27.7 Å². The molecular formula is C10H9Cl2N3S. The number of halogens is 2. The molecule has 1 aromatic heterocycles. The summed E-state index contributed by atoms with van der Waals surface area (Å²) < 4.78 is 3.86. The Labute approximate surface area is 107 Å². The average molecular weight is 274 g/mol. The molecule has 84 valence electrons. The van der Waals surface area contributed by atoms with Gasteiger partial charge in [0.15, 0.2) is 0 Å². The fourth-order valence-electron chi connectivity index (χ4n) is 1.42. The maximum atomic E-state index is 6.12. The molecule has 2 aromatic rings. The number of aryl methyl sites for hydroxylation is 1. The number of benzene rings is 1. The van der Waals surface area contributed by atoms with E-state index in [1.165, 1.54) is 11.5 Å². The largest absolute Gasteiger partial charge is 0.319 e. The zero-order valence-electron chi connectivity index (χ0n) is 8.45. The van der Waals surface area contributed by atoms with Crippen molar-refractivity contribution in [2.24, 2.45) is 5.73 Å². The van der Waals surface area contributed by atoms with Crippen molar-refractivity contribution in [1.82, 2.24) is 9.59 Å². The summed E-state index contributed by atoms with van der Waals surface area (Å²) in [4.78, 5) is 0.907. The van der Waals surface area contributed by atoms with Crippen molar-refractivity contribution in [3.05, 3.63) is 44.4 Å². The summed E-state index contributed by atoms with van der Waals surface area (Å²) >= 11 is 13.3. The van der Waals surface area contributed by atoms with E-state index in [2.05, 4.69) is 9.59 Å². The van der Waals surface area contributed by atoms with E-state index in [1.807, 2.05) is 6.92 Å². The van der Waals surface area contributed by atoms with Crippen LogP contribution in [0.15, 0.2) is 18.2 Å². The minimum absolute atomic E-state index is 0.328. The molecule has 2 N–H and O–H groups in total. The molecule has 0 aliphatic carbocycles. The number of rotatable bonds is 2. The van der Waals surface area contributed by atoms with Gasteiger partial charge in [0.1, 0.15) is 0 Å². The first kappa shape index (κ1) is 11.8. The smallest absolute Gasteiger partial charge is 0.0776 e. The first-order valence-corrected chi connectivity index (χ1v) is 6.12. The van der Waals surface area contributed by atoms with Gasteiger partial charge < -0.3 is 5.73 Å². The van der Waals surface area contributed by atoms with Crippen LogP contribution in [0.25, 0.3) is 0 Å². The van der Waals surface area contributed by atoms with Crippen LogP contribution in [0.3, 0.4) is 0 Å². The number of nitrogens with zero attached hydrogens (tertiary/aromatic N) is 2. The second kappa shape index (κ2) is 4.67. The highest BCUT2D eigenvalue weighted by atomic mass is 35.5. The molecule has 0 spiro atoms. The van der Waals surface area contributed by atoms with Gasteiger partial charge in [-0.3, -0.25) is 0 Å². The van der Waals surface area contributed by atoms with Crippen molar-refractivity contribution in [2.45, 2.75) is 13.0 Å². The minimum atomic E-state index is -0.328. The van der Waals surface area contributed by atoms with Gasteiger partial charge in [0.05, 0.1) is 16.6 Å². The second-order valence-corrected chi connectivity index (χ2v) is 5.00. The molecule has 3 nitrogen and oxygen atoms in total. The van der Waals surface area contributed by atoms with Crippen LogP contribution < -0.4 is 5.73 Å². The van der Waals surface area contributed by atoms with Gasteiger partial charge in [0, 0.05) is 10.0 Å². The Balaban J connectivity index is 2.45. The van der Waals surface area contributed by atoms with E-state index in [0.717, 1.165) is 16.1 Å². The third-order valence-electron chi connectivity index (χ3n) is 2.26. The van der Waals surface area contributed by atoms with Crippen molar-refractivity contribution in [3.8, 4) is 0 Å². The first-order valence-electron chi connectivity index (χ1n) is 4.59. The van der Waals surface area contributed by atoms with Crippen molar-refractivity contribution in [1.29, 1.82) is 0 Å². The summed E-state index contributed by atoms with van der Waals surface area (Å²) in [6.07, 6.45) is 0. The van der Waals surface area contributed by atoms with Gasteiger partial charge in [0.25, 0.3) is 0 Å².